The van der Waals surface area contributed by atoms with E-state index in [4.69, 9.17) is 11.6 Å². The van der Waals surface area contributed by atoms with Gasteiger partial charge in [-0.1, -0.05) is 11.6 Å². The lowest BCUT2D eigenvalue weighted by Crippen LogP contribution is -2.19. The molecule has 122 valence electrons. The van der Waals surface area contributed by atoms with Crippen molar-refractivity contribution in [3.05, 3.63) is 68.8 Å². The van der Waals surface area contributed by atoms with Gasteiger partial charge in [-0.15, -0.1) is 0 Å². The van der Waals surface area contributed by atoms with Crippen molar-refractivity contribution in [1.29, 1.82) is 0 Å². The molecule has 0 aliphatic rings. The molecule has 0 aliphatic carbocycles. The van der Waals surface area contributed by atoms with E-state index >= 15 is 0 Å². The molecular weight excluding hydrogens is 340 g/mol. The predicted molar refractivity (Wildman–Crippen MR) is 86.3 cm³/mol. The van der Waals surface area contributed by atoms with Crippen molar-refractivity contribution in [2.24, 2.45) is 0 Å². The molecule has 0 saturated heterocycles. The van der Waals surface area contributed by atoms with Crippen molar-refractivity contribution >= 4 is 28.5 Å². The summed E-state index contributed by atoms with van der Waals surface area (Å²) in [6.45, 7) is 0. The molecular formula is C17H10ClF2NO3. The van der Waals surface area contributed by atoms with Crippen molar-refractivity contribution in [2.75, 3.05) is 7.11 Å². The summed E-state index contributed by atoms with van der Waals surface area (Å²) in [4.78, 5) is 27.6. The van der Waals surface area contributed by atoms with Crippen molar-refractivity contribution < 1.29 is 18.3 Å². The first-order valence-electron chi connectivity index (χ1n) is 6.81. The Hall–Kier alpha value is -2.73. The zero-order valence-corrected chi connectivity index (χ0v) is 13.1. The van der Waals surface area contributed by atoms with Crippen LogP contribution in [0.5, 0.6) is 0 Å². The van der Waals surface area contributed by atoms with E-state index < -0.39 is 23.0 Å². The molecule has 0 radical (unpaired) electrons. The molecule has 0 bridgehead atoms. The van der Waals surface area contributed by atoms with Crippen LogP contribution in [-0.4, -0.2) is 18.1 Å². The number of aromatic nitrogens is 1. The highest BCUT2D eigenvalue weighted by Gasteiger charge is 2.21. The van der Waals surface area contributed by atoms with E-state index in [1.807, 2.05) is 0 Å². The van der Waals surface area contributed by atoms with Crippen LogP contribution < -0.4 is 5.43 Å². The van der Waals surface area contributed by atoms with Crippen LogP contribution in [0.3, 0.4) is 0 Å². The van der Waals surface area contributed by atoms with Gasteiger partial charge in [0.15, 0.2) is 11.6 Å². The number of aromatic amines is 1. The fraction of sp³-hybridized carbons (Fsp3) is 0.0588. The number of rotatable bonds is 2. The van der Waals surface area contributed by atoms with Gasteiger partial charge in [-0.3, -0.25) is 4.79 Å². The molecule has 2 aromatic carbocycles. The lowest BCUT2D eigenvalue weighted by atomic mass is 10.0. The summed E-state index contributed by atoms with van der Waals surface area (Å²) < 4.78 is 31.4. The maximum atomic E-state index is 13.5. The van der Waals surface area contributed by atoms with Crippen molar-refractivity contribution in [1.82, 2.24) is 4.98 Å². The highest BCUT2D eigenvalue weighted by molar-refractivity contribution is 6.31. The summed E-state index contributed by atoms with van der Waals surface area (Å²) in [7, 11) is 1.12. The number of H-pyrrole nitrogens is 1. The molecule has 1 aromatic heterocycles. The Morgan fingerprint density at radius 3 is 2.54 bits per heavy atom. The first kappa shape index (κ1) is 16.1. The minimum absolute atomic E-state index is 0.0422. The Bertz CT molecular complexity index is 1030. The third-order valence-electron chi connectivity index (χ3n) is 3.56. The van der Waals surface area contributed by atoms with Crippen LogP contribution in [0.1, 0.15) is 10.4 Å². The quantitative estimate of drug-likeness (QED) is 0.713. The van der Waals surface area contributed by atoms with Crippen molar-refractivity contribution in [2.45, 2.75) is 0 Å². The highest BCUT2D eigenvalue weighted by atomic mass is 35.5. The lowest BCUT2D eigenvalue weighted by molar-refractivity contribution is 0.0600. The SMILES string of the molecule is COC(=O)c1c(-c2ccc(F)c(F)c2)[nH]c2ccc(Cl)cc2c1=O. The number of halogens is 3. The van der Waals surface area contributed by atoms with E-state index in [-0.39, 0.29) is 22.2 Å². The summed E-state index contributed by atoms with van der Waals surface area (Å²) in [5.41, 5.74) is -0.336. The second-order valence-corrected chi connectivity index (χ2v) is 5.45. The zero-order valence-electron chi connectivity index (χ0n) is 12.3. The largest absolute Gasteiger partial charge is 0.465 e. The standard InChI is InChI=1S/C17H10ClF2NO3/c1-24-17(23)14-15(8-2-4-11(19)12(20)6-8)21-13-5-3-9(18)7-10(13)16(14)22/h2-7H,1H3,(H,21,22). The summed E-state index contributed by atoms with van der Waals surface area (Å²) in [6.07, 6.45) is 0. The topological polar surface area (TPSA) is 59.2 Å². The van der Waals surface area contributed by atoms with E-state index in [1.165, 1.54) is 12.1 Å². The third-order valence-corrected chi connectivity index (χ3v) is 3.80. The monoisotopic (exact) mass is 349 g/mol. The molecule has 1 heterocycles. The van der Waals surface area contributed by atoms with Crippen molar-refractivity contribution in [3.8, 4) is 11.3 Å². The number of fused-ring (bicyclic) bond motifs is 1. The number of hydrogen-bond acceptors (Lipinski definition) is 3. The molecule has 0 unspecified atom stereocenters. The molecule has 0 amide bonds. The molecule has 3 aromatic rings. The van der Waals surface area contributed by atoms with Crippen LogP contribution in [0.15, 0.2) is 41.2 Å². The molecule has 7 heteroatoms. The van der Waals surface area contributed by atoms with E-state index in [9.17, 15) is 18.4 Å². The molecule has 24 heavy (non-hydrogen) atoms. The molecule has 3 rings (SSSR count). The highest BCUT2D eigenvalue weighted by Crippen LogP contribution is 2.26. The summed E-state index contributed by atoms with van der Waals surface area (Å²) >= 11 is 5.89. The van der Waals surface area contributed by atoms with Gasteiger partial charge < -0.3 is 9.72 Å². The number of pyridine rings is 1. The lowest BCUT2D eigenvalue weighted by Gasteiger charge is -2.11. The molecule has 0 saturated carbocycles. The molecule has 4 nitrogen and oxygen atoms in total. The van der Waals surface area contributed by atoms with Gasteiger partial charge in [0, 0.05) is 21.5 Å². The van der Waals surface area contributed by atoms with Crippen LogP contribution in [-0.2, 0) is 4.74 Å². The van der Waals surface area contributed by atoms with Gasteiger partial charge >= 0.3 is 5.97 Å². The molecule has 1 N–H and O–H groups in total. The Morgan fingerprint density at radius 2 is 1.88 bits per heavy atom. The smallest absolute Gasteiger partial charge is 0.344 e. The average molecular weight is 350 g/mol. The van der Waals surface area contributed by atoms with E-state index in [0.717, 1.165) is 19.2 Å². The van der Waals surface area contributed by atoms with Gasteiger partial charge in [-0.25, -0.2) is 13.6 Å². The Labute approximate surface area is 139 Å². The second-order valence-electron chi connectivity index (χ2n) is 5.01. The number of carbonyl (C=O) groups is 1. The maximum absolute atomic E-state index is 13.5. The summed E-state index contributed by atoms with van der Waals surface area (Å²) in [5, 5.41) is 0.513. The number of methoxy groups -OCH3 is 1. The van der Waals surface area contributed by atoms with Gasteiger partial charge in [0.2, 0.25) is 5.43 Å². The van der Waals surface area contributed by atoms with Gasteiger partial charge in [0.05, 0.1) is 12.8 Å². The average Bonchev–Trinajstić information content (AvgIpc) is 2.57. The first-order valence-corrected chi connectivity index (χ1v) is 7.19. The summed E-state index contributed by atoms with van der Waals surface area (Å²) in [6, 6.07) is 7.61. The number of ether oxygens (including phenoxy) is 1. The van der Waals surface area contributed by atoms with Crippen LogP contribution in [0.2, 0.25) is 5.02 Å². The number of nitrogens with one attached hydrogen (secondary N) is 1. The number of esters is 1. The molecule has 0 spiro atoms. The van der Waals surface area contributed by atoms with Crippen molar-refractivity contribution in [3.63, 3.8) is 0 Å². The first-order chi connectivity index (χ1) is 11.4. The molecule has 0 aliphatic heterocycles. The Kier molecular flexibility index (Phi) is 4.07. The number of carbonyl (C=O) groups excluding carboxylic acids is 1. The van der Waals surface area contributed by atoms with Gasteiger partial charge in [-0.2, -0.15) is 0 Å². The summed E-state index contributed by atoms with van der Waals surface area (Å²) in [5.74, 6) is -3.02. The van der Waals surface area contributed by atoms with Crippen LogP contribution in [0.25, 0.3) is 22.2 Å². The molecule has 0 atom stereocenters. The number of benzene rings is 2. The van der Waals surface area contributed by atoms with Gasteiger partial charge in [0.1, 0.15) is 5.56 Å². The zero-order chi connectivity index (χ0) is 17.4. The number of hydrogen-bond donors (Lipinski definition) is 1. The van der Waals surface area contributed by atoms with Gasteiger partial charge in [-0.05, 0) is 36.4 Å². The molecule has 0 fully saturated rings. The normalized spacial score (nSPS) is 10.8. The fourth-order valence-electron chi connectivity index (χ4n) is 2.42. The van der Waals surface area contributed by atoms with Crippen LogP contribution in [0, 0.1) is 11.6 Å². The van der Waals surface area contributed by atoms with Gasteiger partial charge in [0.25, 0.3) is 0 Å². The predicted octanol–water partition coefficient (Wildman–Crippen LogP) is 3.91. The van der Waals surface area contributed by atoms with E-state index in [0.29, 0.717) is 10.5 Å². The van der Waals surface area contributed by atoms with Crippen LogP contribution in [0.4, 0.5) is 8.78 Å². The minimum Gasteiger partial charge on any atom is -0.465 e. The van der Waals surface area contributed by atoms with E-state index in [2.05, 4.69) is 9.72 Å². The second kappa shape index (κ2) is 6.05. The third kappa shape index (κ3) is 2.65. The maximum Gasteiger partial charge on any atom is 0.344 e. The Morgan fingerprint density at radius 1 is 1.12 bits per heavy atom. The van der Waals surface area contributed by atoms with Crippen LogP contribution >= 0.6 is 11.6 Å². The Balaban J connectivity index is 2.41. The van der Waals surface area contributed by atoms with E-state index in [1.54, 1.807) is 12.1 Å². The fourth-order valence-corrected chi connectivity index (χ4v) is 2.60. The minimum atomic E-state index is -1.10.